The fourth-order valence-electron chi connectivity index (χ4n) is 3.67. The van der Waals surface area contributed by atoms with Crippen molar-refractivity contribution in [3.63, 3.8) is 0 Å². The highest BCUT2D eigenvalue weighted by molar-refractivity contribution is 7.91. The Morgan fingerprint density at radius 1 is 1.04 bits per heavy atom. The van der Waals surface area contributed by atoms with Gasteiger partial charge in [-0.25, -0.2) is 8.42 Å². The minimum atomic E-state index is -3.13. The number of fused-ring (bicyclic) bond motifs is 1. The highest BCUT2D eigenvalue weighted by Gasteiger charge is 2.52. The Kier molecular flexibility index (Phi) is 4.33. The second-order valence-electron chi connectivity index (χ2n) is 6.41. The van der Waals surface area contributed by atoms with Crippen molar-refractivity contribution >= 4 is 50.1 Å². The molecule has 4 rings (SSSR count). The Morgan fingerprint density at radius 3 is 2.27 bits per heavy atom. The molecule has 0 amide bonds. The highest BCUT2D eigenvalue weighted by Crippen LogP contribution is 2.39. The number of benzene rings is 2. The van der Waals surface area contributed by atoms with Crippen LogP contribution < -0.4 is 14.5 Å². The molecule has 5 nitrogen and oxygen atoms in total. The zero-order valence-corrected chi connectivity index (χ0v) is 16.4. The quantitative estimate of drug-likeness (QED) is 0.727. The normalized spacial score (nSPS) is 24.0. The van der Waals surface area contributed by atoms with E-state index in [1.165, 1.54) is 0 Å². The summed E-state index contributed by atoms with van der Waals surface area (Å²) in [6.45, 7) is 0. The van der Waals surface area contributed by atoms with Crippen LogP contribution in [-0.4, -0.2) is 44.2 Å². The lowest BCUT2D eigenvalue weighted by atomic mass is 10.1. The molecule has 0 radical (unpaired) electrons. The average Bonchev–Trinajstić information content (AvgIpc) is 3.04. The molecule has 0 aliphatic carbocycles. The summed E-state index contributed by atoms with van der Waals surface area (Å²) in [4.78, 5) is 3.86. The maximum absolute atomic E-state index is 12.3. The van der Waals surface area contributed by atoms with Crippen LogP contribution in [0, 0.1) is 0 Å². The fraction of sp³-hybridized carbons (Fsp3) is 0.278. The van der Waals surface area contributed by atoms with Gasteiger partial charge in [0, 0.05) is 22.5 Å². The third kappa shape index (κ3) is 2.94. The van der Waals surface area contributed by atoms with Crippen LogP contribution in [0.5, 0.6) is 5.75 Å². The number of methoxy groups -OCH3 is 1. The minimum Gasteiger partial charge on any atom is -0.497 e. The number of thiocarbonyl (C=S) groups is 1. The lowest BCUT2D eigenvalue weighted by Gasteiger charge is -2.26. The summed E-state index contributed by atoms with van der Waals surface area (Å²) in [5.41, 5.74) is 1.68. The SMILES string of the molecule is COc1cccc(N2C(=S)N(c3ccc(Cl)cc3)[C@H]3CS(=O)(=O)C[C@@H]32)c1. The first-order valence-corrected chi connectivity index (χ1v) is 10.7. The molecule has 2 atom stereocenters. The molecule has 2 aromatic carbocycles. The summed E-state index contributed by atoms with van der Waals surface area (Å²) in [6.07, 6.45) is 0. The molecule has 2 aliphatic rings. The number of rotatable bonds is 3. The van der Waals surface area contributed by atoms with Gasteiger partial charge in [-0.2, -0.15) is 0 Å². The first kappa shape index (κ1) is 17.6. The van der Waals surface area contributed by atoms with Crippen LogP contribution in [-0.2, 0) is 9.84 Å². The molecule has 2 aliphatic heterocycles. The molecule has 2 heterocycles. The summed E-state index contributed by atoms with van der Waals surface area (Å²) < 4.78 is 30.0. The van der Waals surface area contributed by atoms with E-state index >= 15 is 0 Å². The Bertz CT molecular complexity index is 963. The number of halogens is 1. The summed E-state index contributed by atoms with van der Waals surface area (Å²) >= 11 is 11.7. The Balaban J connectivity index is 1.80. The molecule has 136 valence electrons. The third-order valence-electron chi connectivity index (χ3n) is 4.81. The maximum Gasteiger partial charge on any atom is 0.181 e. The zero-order chi connectivity index (χ0) is 18.5. The van der Waals surface area contributed by atoms with Gasteiger partial charge < -0.3 is 14.5 Å². The van der Waals surface area contributed by atoms with Crippen LogP contribution in [0.15, 0.2) is 48.5 Å². The van der Waals surface area contributed by atoms with Crippen LogP contribution in [0.3, 0.4) is 0 Å². The summed E-state index contributed by atoms with van der Waals surface area (Å²) in [7, 11) is -1.53. The van der Waals surface area contributed by atoms with Gasteiger partial charge in [0.15, 0.2) is 14.9 Å². The van der Waals surface area contributed by atoms with Crippen LogP contribution in [0.2, 0.25) is 5.02 Å². The molecule has 0 bridgehead atoms. The van der Waals surface area contributed by atoms with E-state index in [2.05, 4.69) is 0 Å². The molecular weight excluding hydrogens is 392 g/mol. The van der Waals surface area contributed by atoms with E-state index < -0.39 is 9.84 Å². The minimum absolute atomic E-state index is 0.0824. The van der Waals surface area contributed by atoms with Crippen LogP contribution in [0.1, 0.15) is 0 Å². The predicted molar refractivity (Wildman–Crippen MR) is 108 cm³/mol. The van der Waals surface area contributed by atoms with E-state index in [0.717, 1.165) is 11.4 Å². The third-order valence-corrected chi connectivity index (χ3v) is 7.15. The van der Waals surface area contributed by atoms with Gasteiger partial charge in [0.2, 0.25) is 0 Å². The topological polar surface area (TPSA) is 49.9 Å². The number of ether oxygens (including phenoxy) is 1. The van der Waals surface area contributed by atoms with Crippen molar-refractivity contribution in [1.29, 1.82) is 0 Å². The van der Waals surface area contributed by atoms with Gasteiger partial charge in [-0.05, 0) is 48.6 Å². The molecule has 2 saturated heterocycles. The number of hydrogen-bond acceptors (Lipinski definition) is 4. The van der Waals surface area contributed by atoms with Gasteiger partial charge >= 0.3 is 0 Å². The first-order valence-electron chi connectivity index (χ1n) is 8.12. The molecule has 0 saturated carbocycles. The summed E-state index contributed by atoms with van der Waals surface area (Å²) in [5, 5.41) is 1.21. The van der Waals surface area contributed by atoms with Crippen molar-refractivity contribution in [1.82, 2.24) is 0 Å². The molecule has 0 spiro atoms. The number of nitrogens with zero attached hydrogens (tertiary/aromatic N) is 2. The van der Waals surface area contributed by atoms with Crippen LogP contribution in [0.25, 0.3) is 0 Å². The lowest BCUT2D eigenvalue weighted by Crippen LogP contribution is -2.37. The maximum atomic E-state index is 12.3. The number of hydrogen-bond donors (Lipinski definition) is 0. The molecular formula is C18H17ClN2O3S2. The van der Waals surface area contributed by atoms with Crippen LogP contribution >= 0.6 is 23.8 Å². The van der Waals surface area contributed by atoms with E-state index in [4.69, 9.17) is 28.6 Å². The van der Waals surface area contributed by atoms with Crippen molar-refractivity contribution in [3.05, 3.63) is 53.6 Å². The van der Waals surface area contributed by atoms with E-state index in [-0.39, 0.29) is 23.6 Å². The largest absolute Gasteiger partial charge is 0.497 e. The van der Waals surface area contributed by atoms with Gasteiger partial charge in [-0.15, -0.1) is 0 Å². The van der Waals surface area contributed by atoms with E-state index in [1.54, 1.807) is 19.2 Å². The first-order chi connectivity index (χ1) is 12.4. The van der Waals surface area contributed by atoms with E-state index in [1.807, 2.05) is 46.2 Å². The monoisotopic (exact) mass is 408 g/mol. The van der Waals surface area contributed by atoms with E-state index in [9.17, 15) is 8.42 Å². The second kappa shape index (κ2) is 6.40. The number of sulfone groups is 1. The van der Waals surface area contributed by atoms with Crippen molar-refractivity contribution in [2.45, 2.75) is 12.1 Å². The highest BCUT2D eigenvalue weighted by atomic mass is 35.5. The van der Waals surface area contributed by atoms with Crippen molar-refractivity contribution < 1.29 is 13.2 Å². The van der Waals surface area contributed by atoms with Crippen molar-refractivity contribution in [3.8, 4) is 5.75 Å². The average molecular weight is 409 g/mol. The standard InChI is InChI=1S/C18H17ClN2O3S2/c1-24-15-4-2-3-14(9-15)21-17-11-26(22,23)10-16(17)20(18(21)25)13-7-5-12(19)6-8-13/h2-9,16-17H,10-11H2,1H3/t16-,17-/m0/s1. The van der Waals surface area contributed by atoms with Gasteiger partial charge in [0.1, 0.15) is 5.75 Å². The lowest BCUT2D eigenvalue weighted by molar-refractivity contribution is 0.415. The van der Waals surface area contributed by atoms with E-state index in [0.29, 0.717) is 15.9 Å². The Labute approximate surface area is 163 Å². The molecule has 0 N–H and O–H groups in total. The molecule has 0 aromatic heterocycles. The molecule has 0 unspecified atom stereocenters. The number of anilines is 2. The van der Waals surface area contributed by atoms with Gasteiger partial charge in [0.25, 0.3) is 0 Å². The second-order valence-corrected chi connectivity index (χ2v) is 9.37. The van der Waals surface area contributed by atoms with Gasteiger partial charge in [0.05, 0.1) is 30.7 Å². The van der Waals surface area contributed by atoms with Gasteiger partial charge in [-0.1, -0.05) is 17.7 Å². The van der Waals surface area contributed by atoms with Gasteiger partial charge in [-0.3, -0.25) is 0 Å². The van der Waals surface area contributed by atoms with Crippen molar-refractivity contribution in [2.24, 2.45) is 0 Å². The summed E-state index contributed by atoms with van der Waals surface area (Å²) in [5.74, 6) is 0.868. The molecule has 2 aromatic rings. The molecule has 2 fully saturated rings. The Morgan fingerprint density at radius 2 is 1.65 bits per heavy atom. The predicted octanol–water partition coefficient (Wildman–Crippen LogP) is 3.13. The molecule has 26 heavy (non-hydrogen) atoms. The van der Waals surface area contributed by atoms with Crippen LogP contribution in [0.4, 0.5) is 11.4 Å². The Hall–Kier alpha value is -1.83. The molecule has 8 heteroatoms. The summed E-state index contributed by atoms with van der Waals surface area (Å²) in [6, 6.07) is 14.4. The fourth-order valence-corrected chi connectivity index (χ4v) is 6.20. The zero-order valence-electron chi connectivity index (χ0n) is 14.0. The smallest absolute Gasteiger partial charge is 0.181 e. The van der Waals surface area contributed by atoms with Crippen molar-refractivity contribution in [2.75, 3.05) is 28.4 Å².